The molecule has 1 N–H and O–H groups in total. The largest absolute Gasteiger partial charge is 0.484 e. The maximum absolute atomic E-state index is 14.5. The van der Waals surface area contributed by atoms with Crippen LogP contribution in [0.15, 0.2) is 39.6 Å². The zero-order chi connectivity index (χ0) is 27.5. The Morgan fingerprint density at radius 1 is 1.05 bits per heavy atom. The SMILES string of the molecule is O=c1[nH]c(=O)n(Cc2c(F)cccc2C(F)(F)F)c2c1C1(CCN(CC3=CCC(C(F)(F)F)O3)CC1)OC2. The molecule has 5 rings (SSSR count). The van der Waals surface area contributed by atoms with Crippen molar-refractivity contribution in [3.8, 4) is 0 Å². The average Bonchev–Trinajstić information content (AvgIpc) is 3.44. The third-order valence-electron chi connectivity index (χ3n) is 7.25. The summed E-state index contributed by atoms with van der Waals surface area (Å²) in [6.45, 7) is -0.233. The molecule has 1 saturated heterocycles. The number of hydrogen-bond donors (Lipinski definition) is 1. The molecule has 0 aliphatic carbocycles. The molecule has 7 nitrogen and oxygen atoms in total. The maximum Gasteiger partial charge on any atom is 0.425 e. The van der Waals surface area contributed by atoms with Crippen molar-refractivity contribution >= 4 is 0 Å². The fourth-order valence-electron chi connectivity index (χ4n) is 5.33. The van der Waals surface area contributed by atoms with Crippen LogP contribution in [0.1, 0.15) is 41.6 Å². The fraction of sp³-hybridized carbons (Fsp3) is 0.500. The summed E-state index contributed by atoms with van der Waals surface area (Å²) in [4.78, 5) is 29.4. The van der Waals surface area contributed by atoms with Gasteiger partial charge in [-0.1, -0.05) is 6.07 Å². The minimum Gasteiger partial charge on any atom is -0.484 e. The summed E-state index contributed by atoms with van der Waals surface area (Å²) in [7, 11) is 0. The monoisotopic (exact) mass is 549 g/mol. The molecule has 1 fully saturated rings. The lowest BCUT2D eigenvalue weighted by atomic mass is 9.85. The van der Waals surface area contributed by atoms with Crippen molar-refractivity contribution in [2.45, 2.75) is 56.5 Å². The number of hydrogen-bond acceptors (Lipinski definition) is 5. The number of piperidine rings is 1. The number of benzene rings is 1. The van der Waals surface area contributed by atoms with E-state index in [4.69, 9.17) is 9.47 Å². The number of nitrogens with one attached hydrogen (secondary N) is 1. The normalized spacial score (nSPS) is 21.4. The van der Waals surface area contributed by atoms with Crippen molar-refractivity contribution in [1.82, 2.24) is 14.5 Å². The van der Waals surface area contributed by atoms with Crippen molar-refractivity contribution in [3.05, 3.63) is 79.1 Å². The summed E-state index contributed by atoms with van der Waals surface area (Å²) in [6.07, 6.45) is -9.60. The molecule has 1 atom stereocenters. The van der Waals surface area contributed by atoms with Crippen molar-refractivity contribution in [2.24, 2.45) is 0 Å². The van der Waals surface area contributed by atoms with E-state index >= 15 is 0 Å². The van der Waals surface area contributed by atoms with E-state index in [2.05, 4.69) is 4.98 Å². The van der Waals surface area contributed by atoms with Crippen LogP contribution in [0.5, 0.6) is 0 Å². The van der Waals surface area contributed by atoms with Gasteiger partial charge in [0.1, 0.15) is 17.2 Å². The number of aromatic amines is 1. The topological polar surface area (TPSA) is 76.6 Å². The molecule has 1 spiro atoms. The van der Waals surface area contributed by atoms with Gasteiger partial charge in [0.2, 0.25) is 0 Å². The number of rotatable bonds is 4. The van der Waals surface area contributed by atoms with E-state index in [9.17, 15) is 40.3 Å². The van der Waals surface area contributed by atoms with Gasteiger partial charge in [-0.3, -0.25) is 19.2 Å². The molecule has 1 unspecified atom stereocenters. The van der Waals surface area contributed by atoms with Crippen LogP contribution in [0.4, 0.5) is 30.7 Å². The Balaban J connectivity index is 1.38. The van der Waals surface area contributed by atoms with Crippen LogP contribution in [0.2, 0.25) is 0 Å². The Bertz CT molecular complexity index is 1390. The summed E-state index contributed by atoms with van der Waals surface area (Å²) in [6, 6.07) is 2.49. The highest BCUT2D eigenvalue weighted by molar-refractivity contribution is 5.34. The van der Waals surface area contributed by atoms with Crippen LogP contribution in [0.3, 0.4) is 0 Å². The third-order valence-corrected chi connectivity index (χ3v) is 7.25. The first-order chi connectivity index (χ1) is 17.8. The Hall–Kier alpha value is -3.13. The number of nitrogens with zero attached hydrogens (tertiary/aromatic N) is 2. The molecule has 0 amide bonds. The molecule has 3 aliphatic rings. The molecule has 38 heavy (non-hydrogen) atoms. The molecule has 1 aromatic carbocycles. The second-order valence-electron chi connectivity index (χ2n) is 9.54. The number of alkyl halides is 6. The van der Waals surface area contributed by atoms with Gasteiger partial charge in [-0.05, 0) is 31.1 Å². The molecule has 0 bridgehead atoms. The first-order valence-electron chi connectivity index (χ1n) is 11.8. The van der Waals surface area contributed by atoms with Crippen molar-refractivity contribution in [3.63, 3.8) is 0 Å². The van der Waals surface area contributed by atoms with Crippen LogP contribution >= 0.6 is 0 Å². The zero-order valence-electron chi connectivity index (χ0n) is 19.7. The number of halogens is 7. The van der Waals surface area contributed by atoms with Gasteiger partial charge >= 0.3 is 18.0 Å². The van der Waals surface area contributed by atoms with Gasteiger partial charge in [0.15, 0.2) is 6.10 Å². The lowest BCUT2D eigenvalue weighted by Crippen LogP contribution is -2.46. The maximum atomic E-state index is 14.5. The molecule has 206 valence electrons. The highest BCUT2D eigenvalue weighted by Gasteiger charge is 2.48. The molecule has 2 aromatic rings. The third kappa shape index (κ3) is 4.75. The number of ether oxygens (including phenoxy) is 2. The summed E-state index contributed by atoms with van der Waals surface area (Å²) in [5.41, 5.74) is -4.69. The fourth-order valence-corrected chi connectivity index (χ4v) is 5.33. The van der Waals surface area contributed by atoms with Crippen molar-refractivity contribution in [1.29, 1.82) is 0 Å². The van der Waals surface area contributed by atoms with Gasteiger partial charge in [0, 0.05) is 25.1 Å². The summed E-state index contributed by atoms with van der Waals surface area (Å²) in [5.74, 6) is -0.946. The predicted octanol–water partition coefficient (Wildman–Crippen LogP) is 3.80. The van der Waals surface area contributed by atoms with Gasteiger partial charge in [0.05, 0.1) is 36.5 Å². The molecule has 14 heteroatoms. The molecule has 1 aromatic heterocycles. The molecule has 3 aliphatic heterocycles. The lowest BCUT2D eigenvalue weighted by molar-refractivity contribution is -0.203. The van der Waals surface area contributed by atoms with E-state index in [1.54, 1.807) is 0 Å². The van der Waals surface area contributed by atoms with Gasteiger partial charge in [-0.15, -0.1) is 0 Å². The van der Waals surface area contributed by atoms with Gasteiger partial charge in [-0.2, -0.15) is 26.3 Å². The second-order valence-corrected chi connectivity index (χ2v) is 9.54. The highest BCUT2D eigenvalue weighted by Crippen LogP contribution is 2.43. The molecule has 0 radical (unpaired) electrons. The Labute approximate surface area is 210 Å². The lowest BCUT2D eigenvalue weighted by Gasteiger charge is -2.38. The van der Waals surface area contributed by atoms with E-state index in [1.165, 1.54) is 6.08 Å². The molecule has 0 saturated carbocycles. The van der Waals surface area contributed by atoms with Crippen LogP contribution in [-0.4, -0.2) is 46.4 Å². The molecular formula is C24H22F7N3O4. The summed E-state index contributed by atoms with van der Waals surface area (Å²) >= 11 is 0. The van der Waals surface area contributed by atoms with Crippen LogP contribution in [0.25, 0.3) is 0 Å². The number of H-pyrrole nitrogens is 1. The first kappa shape index (κ1) is 26.5. The van der Waals surface area contributed by atoms with Gasteiger partial charge in [0.25, 0.3) is 5.56 Å². The molecule has 4 heterocycles. The Morgan fingerprint density at radius 2 is 1.76 bits per heavy atom. The summed E-state index contributed by atoms with van der Waals surface area (Å²) in [5, 5.41) is 0. The average molecular weight is 549 g/mol. The van der Waals surface area contributed by atoms with E-state index in [0.717, 1.165) is 16.7 Å². The smallest absolute Gasteiger partial charge is 0.425 e. The van der Waals surface area contributed by atoms with Crippen molar-refractivity contribution in [2.75, 3.05) is 19.6 Å². The van der Waals surface area contributed by atoms with E-state index in [-0.39, 0.29) is 49.4 Å². The van der Waals surface area contributed by atoms with Crippen LogP contribution < -0.4 is 11.2 Å². The second kappa shape index (κ2) is 9.26. The summed E-state index contributed by atoms with van der Waals surface area (Å²) < 4.78 is 105. The Kier molecular flexibility index (Phi) is 6.45. The molecular weight excluding hydrogens is 527 g/mol. The number of likely N-dealkylation sites (tertiary alicyclic amines) is 1. The Morgan fingerprint density at radius 3 is 2.39 bits per heavy atom. The first-order valence-corrected chi connectivity index (χ1v) is 11.8. The zero-order valence-corrected chi connectivity index (χ0v) is 19.7. The quantitative estimate of drug-likeness (QED) is 0.588. The van der Waals surface area contributed by atoms with Crippen LogP contribution in [0, 0.1) is 5.82 Å². The van der Waals surface area contributed by atoms with Gasteiger partial charge < -0.3 is 9.47 Å². The number of aromatic nitrogens is 2. The van der Waals surface area contributed by atoms with Crippen molar-refractivity contribution < 1.29 is 40.2 Å². The number of fused-ring (bicyclic) bond motifs is 2. The minimum absolute atomic E-state index is 0.0680. The highest BCUT2D eigenvalue weighted by atomic mass is 19.4. The minimum atomic E-state index is -4.87. The van der Waals surface area contributed by atoms with Crippen LogP contribution in [-0.2, 0) is 34.4 Å². The standard InChI is InChI=1S/C24H22F7N3O4/c25-16-3-1-2-15(23(26,27)28)14(16)11-34-17-12-37-22(19(17)20(35)32-21(34)36)6-8-33(9-7-22)10-13-4-5-18(38-13)24(29,30)31/h1-4,18H,5-12H2,(H,32,35,36). The van der Waals surface area contributed by atoms with Gasteiger partial charge in [-0.25, -0.2) is 9.18 Å². The van der Waals surface area contributed by atoms with E-state index < -0.39 is 58.8 Å². The van der Waals surface area contributed by atoms with E-state index in [1.807, 2.05) is 4.90 Å². The predicted molar refractivity (Wildman–Crippen MR) is 118 cm³/mol. The van der Waals surface area contributed by atoms with E-state index in [0.29, 0.717) is 19.2 Å².